The van der Waals surface area contributed by atoms with Crippen molar-refractivity contribution < 1.29 is 17.5 Å². The Bertz CT molecular complexity index is 763. The number of benzene rings is 2. The van der Waals surface area contributed by atoms with Gasteiger partial charge in [0.15, 0.2) is 0 Å². The molecule has 0 aliphatic heterocycles. The first-order valence-electron chi connectivity index (χ1n) is 5.98. The highest BCUT2D eigenvalue weighted by atomic mass is 32.2. The van der Waals surface area contributed by atoms with Crippen molar-refractivity contribution >= 4 is 28.7 Å². The number of hydrogen-bond donors (Lipinski definition) is 2. The molecule has 114 valence electrons. The quantitative estimate of drug-likeness (QED) is 0.643. The molecule has 0 bridgehead atoms. The van der Waals surface area contributed by atoms with Crippen LogP contribution in [0.15, 0.2) is 41.3 Å². The van der Waals surface area contributed by atoms with Crippen LogP contribution in [-0.2, 0) is 17.0 Å². The summed E-state index contributed by atoms with van der Waals surface area (Å²) in [5.74, 6) is -1.09. The Kier molecular flexibility index (Phi) is 5.49. The van der Waals surface area contributed by atoms with Crippen molar-refractivity contribution in [2.45, 2.75) is 10.6 Å². The van der Waals surface area contributed by atoms with E-state index in [-0.39, 0.29) is 10.6 Å². The zero-order valence-electron chi connectivity index (χ0n) is 11.0. The Labute approximate surface area is 132 Å². The summed E-state index contributed by atoms with van der Waals surface area (Å²) >= 11 is -1.16. The minimum atomic E-state index is -2.26. The molecule has 0 aliphatic carbocycles. The van der Waals surface area contributed by atoms with E-state index >= 15 is 0 Å². The Morgan fingerprint density at radius 2 is 2.05 bits per heavy atom. The molecule has 2 aromatic rings. The van der Waals surface area contributed by atoms with E-state index in [0.29, 0.717) is 16.8 Å². The van der Waals surface area contributed by atoms with Gasteiger partial charge in [0.1, 0.15) is 11.6 Å². The first kappa shape index (κ1) is 16.4. The highest BCUT2D eigenvalue weighted by molar-refractivity contribution is 7.98. The predicted molar refractivity (Wildman–Crippen MR) is 81.5 cm³/mol. The molecule has 2 aromatic carbocycles. The lowest BCUT2D eigenvalue weighted by Gasteiger charge is -2.10. The van der Waals surface area contributed by atoms with Gasteiger partial charge in [-0.1, -0.05) is 0 Å². The Morgan fingerprint density at radius 3 is 2.68 bits per heavy atom. The molecule has 4 nitrogen and oxygen atoms in total. The molecular formula is C14H10F2N2O2S2. The maximum absolute atomic E-state index is 13.6. The molecule has 0 heterocycles. The molecule has 0 radical (unpaired) electrons. The van der Waals surface area contributed by atoms with Crippen molar-refractivity contribution in [2.24, 2.45) is 0 Å². The molecule has 1 atom stereocenters. The second kappa shape index (κ2) is 7.35. The fraction of sp³-hybridized carbons (Fsp3) is 0.0714. The number of hydrogen-bond acceptors (Lipinski definition) is 3. The number of thioether (sulfide) groups is 1. The Hall–Kier alpha value is -1.95. The molecule has 2 N–H and O–H groups in total. The fourth-order valence-corrected chi connectivity index (χ4v) is 3.02. The van der Waals surface area contributed by atoms with E-state index in [1.54, 1.807) is 6.07 Å². The summed E-state index contributed by atoms with van der Waals surface area (Å²) in [5.41, 5.74) is 1.31. The lowest BCUT2D eigenvalue weighted by Crippen LogP contribution is -2.04. The van der Waals surface area contributed by atoms with E-state index in [1.807, 2.05) is 6.07 Å². The summed E-state index contributed by atoms with van der Waals surface area (Å²) in [4.78, 5) is 0.250. The molecule has 0 aromatic heterocycles. The Balaban J connectivity index is 2.23. The van der Waals surface area contributed by atoms with Crippen LogP contribution in [0, 0.1) is 23.0 Å². The van der Waals surface area contributed by atoms with E-state index in [2.05, 4.69) is 4.72 Å². The summed E-state index contributed by atoms with van der Waals surface area (Å²) < 4.78 is 48.6. The van der Waals surface area contributed by atoms with Gasteiger partial charge in [-0.05, 0) is 35.9 Å². The molecule has 2 rings (SSSR count). The zero-order chi connectivity index (χ0) is 16.1. The van der Waals surface area contributed by atoms with Gasteiger partial charge < -0.3 is 0 Å². The lowest BCUT2D eigenvalue weighted by molar-refractivity contribution is 0.565. The van der Waals surface area contributed by atoms with Gasteiger partial charge in [-0.25, -0.2) is 13.0 Å². The van der Waals surface area contributed by atoms with Crippen LogP contribution in [0.3, 0.4) is 0 Å². The second-order valence-electron chi connectivity index (χ2n) is 4.20. The van der Waals surface area contributed by atoms with Gasteiger partial charge in [-0.15, -0.1) is 11.8 Å². The van der Waals surface area contributed by atoms with Crippen molar-refractivity contribution in [2.75, 3.05) is 4.72 Å². The molecule has 22 heavy (non-hydrogen) atoms. The van der Waals surface area contributed by atoms with Crippen LogP contribution in [0.25, 0.3) is 0 Å². The third kappa shape index (κ3) is 4.27. The number of nitrogens with zero attached hydrogens (tertiary/aromatic N) is 1. The van der Waals surface area contributed by atoms with Gasteiger partial charge in [0.05, 0.1) is 17.3 Å². The van der Waals surface area contributed by atoms with Gasteiger partial charge >= 0.3 is 0 Å². The highest BCUT2D eigenvalue weighted by Crippen LogP contribution is 2.29. The minimum Gasteiger partial charge on any atom is -0.289 e. The minimum absolute atomic E-state index is 0.248. The molecule has 0 spiro atoms. The number of nitrogens with one attached hydrogen (secondary N) is 1. The molecule has 0 saturated heterocycles. The maximum atomic E-state index is 13.6. The van der Waals surface area contributed by atoms with Gasteiger partial charge in [-0.3, -0.25) is 9.27 Å². The summed E-state index contributed by atoms with van der Waals surface area (Å²) in [6.07, 6.45) is 0. The molecular weight excluding hydrogens is 330 g/mol. The van der Waals surface area contributed by atoms with Crippen LogP contribution in [0.1, 0.15) is 11.1 Å². The third-order valence-electron chi connectivity index (χ3n) is 2.71. The number of halogens is 2. The van der Waals surface area contributed by atoms with E-state index in [9.17, 15) is 13.0 Å². The van der Waals surface area contributed by atoms with Crippen molar-refractivity contribution in [1.82, 2.24) is 0 Å². The van der Waals surface area contributed by atoms with Crippen LogP contribution < -0.4 is 4.72 Å². The first-order chi connectivity index (χ1) is 10.5. The standard InChI is InChI=1S/C14H10F2N2O2S2/c15-11-2-4-14(12(16)6-11)21-8-10-5-9(7-17)1-3-13(10)18-22(19)20/h1-6,18H,8H2,(H,19,20). The average Bonchev–Trinajstić information content (AvgIpc) is 2.47. The zero-order valence-corrected chi connectivity index (χ0v) is 12.7. The predicted octanol–water partition coefficient (Wildman–Crippen LogP) is 3.68. The van der Waals surface area contributed by atoms with E-state index in [0.717, 1.165) is 23.9 Å². The van der Waals surface area contributed by atoms with Gasteiger partial charge in [-0.2, -0.15) is 5.26 Å². The smallest absolute Gasteiger partial charge is 0.259 e. The molecule has 1 unspecified atom stereocenters. The van der Waals surface area contributed by atoms with Gasteiger partial charge in [0.25, 0.3) is 11.3 Å². The Morgan fingerprint density at radius 1 is 1.27 bits per heavy atom. The van der Waals surface area contributed by atoms with Crippen molar-refractivity contribution in [3.63, 3.8) is 0 Å². The summed E-state index contributed by atoms with van der Waals surface area (Å²) in [5, 5.41) is 8.91. The topological polar surface area (TPSA) is 73.1 Å². The average molecular weight is 340 g/mol. The first-order valence-corrected chi connectivity index (χ1v) is 8.07. The van der Waals surface area contributed by atoms with E-state index in [4.69, 9.17) is 9.81 Å². The van der Waals surface area contributed by atoms with Crippen LogP contribution in [0.5, 0.6) is 0 Å². The fourth-order valence-electron chi connectivity index (χ4n) is 1.72. The maximum Gasteiger partial charge on any atom is 0.259 e. The number of rotatable bonds is 5. The molecule has 0 aliphatic rings. The van der Waals surface area contributed by atoms with E-state index < -0.39 is 22.9 Å². The number of anilines is 1. The normalized spacial score (nSPS) is 11.7. The molecule has 8 heteroatoms. The SMILES string of the molecule is N#Cc1ccc(NS(=O)O)c(CSc2ccc(F)cc2F)c1. The van der Waals surface area contributed by atoms with Gasteiger partial charge in [0, 0.05) is 16.7 Å². The van der Waals surface area contributed by atoms with Crippen LogP contribution in [0.2, 0.25) is 0 Å². The lowest BCUT2D eigenvalue weighted by atomic mass is 10.1. The summed E-state index contributed by atoms with van der Waals surface area (Å²) in [7, 11) is 0. The number of nitriles is 1. The molecule has 0 saturated carbocycles. The van der Waals surface area contributed by atoms with Gasteiger partial charge in [0.2, 0.25) is 0 Å². The third-order valence-corrected chi connectivity index (χ3v) is 4.20. The van der Waals surface area contributed by atoms with Crippen LogP contribution in [0.4, 0.5) is 14.5 Å². The molecule has 0 fully saturated rings. The molecule has 0 amide bonds. The van der Waals surface area contributed by atoms with Crippen LogP contribution in [-0.4, -0.2) is 8.76 Å². The van der Waals surface area contributed by atoms with Crippen molar-refractivity contribution in [3.05, 3.63) is 59.2 Å². The monoisotopic (exact) mass is 340 g/mol. The highest BCUT2D eigenvalue weighted by Gasteiger charge is 2.09. The summed E-state index contributed by atoms with van der Waals surface area (Å²) in [6, 6.07) is 9.78. The second-order valence-corrected chi connectivity index (χ2v) is 5.92. The summed E-state index contributed by atoms with van der Waals surface area (Å²) in [6.45, 7) is 0. The largest absolute Gasteiger partial charge is 0.289 e. The van der Waals surface area contributed by atoms with Crippen LogP contribution >= 0.6 is 11.8 Å². The van der Waals surface area contributed by atoms with Crippen molar-refractivity contribution in [1.29, 1.82) is 5.26 Å². The van der Waals surface area contributed by atoms with Crippen molar-refractivity contribution in [3.8, 4) is 6.07 Å². The van der Waals surface area contributed by atoms with E-state index in [1.165, 1.54) is 18.2 Å².